The van der Waals surface area contributed by atoms with E-state index < -0.39 is 0 Å². The summed E-state index contributed by atoms with van der Waals surface area (Å²) in [6.45, 7) is 6.13. The lowest BCUT2D eigenvalue weighted by Crippen LogP contribution is -2.51. The number of carbonyl (C=O) groups is 2. The summed E-state index contributed by atoms with van der Waals surface area (Å²) < 4.78 is 11.4. The molecule has 30 heavy (non-hydrogen) atoms. The van der Waals surface area contributed by atoms with Crippen LogP contribution < -0.4 is 9.47 Å². The van der Waals surface area contributed by atoms with Gasteiger partial charge in [-0.3, -0.25) is 9.59 Å². The summed E-state index contributed by atoms with van der Waals surface area (Å²) in [5.74, 6) is 1.46. The smallest absolute Gasteiger partial charge is 0.254 e. The van der Waals surface area contributed by atoms with Crippen LogP contribution in [-0.2, 0) is 4.79 Å². The minimum absolute atomic E-state index is 0.0121. The van der Waals surface area contributed by atoms with Crippen molar-refractivity contribution in [3.63, 3.8) is 0 Å². The van der Waals surface area contributed by atoms with Gasteiger partial charge in [-0.25, -0.2) is 0 Å². The maximum absolute atomic E-state index is 13.6. The molecule has 0 aliphatic carbocycles. The quantitative estimate of drug-likeness (QED) is 0.781. The summed E-state index contributed by atoms with van der Waals surface area (Å²) in [5.41, 5.74) is 2.71. The molecule has 2 aliphatic heterocycles. The van der Waals surface area contributed by atoms with Gasteiger partial charge in [0.25, 0.3) is 5.91 Å². The minimum Gasteiger partial charge on any atom is -0.497 e. The fourth-order valence-corrected chi connectivity index (χ4v) is 4.50. The van der Waals surface area contributed by atoms with Gasteiger partial charge in [0.15, 0.2) is 0 Å². The van der Waals surface area contributed by atoms with Crippen molar-refractivity contribution in [2.45, 2.75) is 26.3 Å². The van der Waals surface area contributed by atoms with Gasteiger partial charge in [0.05, 0.1) is 19.8 Å². The monoisotopic (exact) mass is 408 g/mol. The van der Waals surface area contributed by atoms with Gasteiger partial charge in [-0.15, -0.1) is 0 Å². The summed E-state index contributed by atoms with van der Waals surface area (Å²) in [4.78, 5) is 30.1. The van der Waals surface area contributed by atoms with E-state index in [9.17, 15) is 9.59 Å². The van der Waals surface area contributed by atoms with Crippen LogP contribution in [0, 0.1) is 12.8 Å². The molecule has 6 heteroatoms. The first kappa shape index (κ1) is 20.3. The second kappa shape index (κ2) is 8.38. The van der Waals surface area contributed by atoms with E-state index in [0.717, 1.165) is 16.9 Å². The van der Waals surface area contributed by atoms with E-state index in [4.69, 9.17) is 9.47 Å². The van der Waals surface area contributed by atoms with Crippen LogP contribution in [-0.4, -0.2) is 55.0 Å². The first-order valence-corrected chi connectivity index (χ1v) is 10.5. The lowest BCUT2D eigenvalue weighted by molar-refractivity contribution is -0.134. The molecule has 2 amide bonds. The number of aryl methyl sites for hydroxylation is 1. The normalized spacial score (nSPS) is 21.1. The zero-order valence-corrected chi connectivity index (χ0v) is 17.8. The second-order valence-electron chi connectivity index (χ2n) is 7.97. The molecule has 0 saturated carbocycles. The van der Waals surface area contributed by atoms with Crippen molar-refractivity contribution >= 4 is 11.8 Å². The van der Waals surface area contributed by atoms with Gasteiger partial charge in [-0.1, -0.05) is 23.8 Å². The van der Waals surface area contributed by atoms with Gasteiger partial charge in [0, 0.05) is 43.1 Å². The number of rotatable bonds is 3. The molecule has 0 bridgehead atoms. The molecule has 0 radical (unpaired) electrons. The van der Waals surface area contributed by atoms with Crippen LogP contribution in [0.25, 0.3) is 0 Å². The molecule has 2 aromatic carbocycles. The Balaban J connectivity index is 1.78. The Bertz CT molecular complexity index is 958. The van der Waals surface area contributed by atoms with Crippen LogP contribution in [0.5, 0.6) is 11.5 Å². The van der Waals surface area contributed by atoms with Crippen molar-refractivity contribution in [3.8, 4) is 11.5 Å². The maximum atomic E-state index is 13.6. The number of fused-ring (bicyclic) bond motifs is 3. The van der Waals surface area contributed by atoms with Crippen LogP contribution in [0.1, 0.15) is 40.9 Å². The van der Waals surface area contributed by atoms with Crippen molar-refractivity contribution in [2.75, 3.05) is 33.4 Å². The number of ether oxygens (including phenoxy) is 2. The first-order chi connectivity index (χ1) is 14.5. The Kier molecular flexibility index (Phi) is 5.66. The average Bonchev–Trinajstić information content (AvgIpc) is 2.76. The van der Waals surface area contributed by atoms with E-state index in [2.05, 4.69) is 6.07 Å². The Morgan fingerprint density at radius 3 is 2.83 bits per heavy atom. The van der Waals surface area contributed by atoms with Crippen molar-refractivity contribution < 1.29 is 19.1 Å². The topological polar surface area (TPSA) is 59.1 Å². The minimum atomic E-state index is -0.144. The molecule has 158 valence electrons. The van der Waals surface area contributed by atoms with Crippen LogP contribution >= 0.6 is 0 Å². The average molecular weight is 408 g/mol. The highest BCUT2D eigenvalue weighted by Crippen LogP contribution is 2.42. The number of nitrogens with zero attached hydrogens (tertiary/aromatic N) is 2. The zero-order valence-electron chi connectivity index (χ0n) is 17.8. The van der Waals surface area contributed by atoms with E-state index in [1.807, 2.05) is 47.9 Å². The van der Waals surface area contributed by atoms with Crippen molar-refractivity contribution in [1.29, 1.82) is 0 Å². The molecule has 0 aromatic heterocycles. The number of carbonyl (C=O) groups excluding carboxylic acids is 2. The van der Waals surface area contributed by atoms with Crippen LogP contribution in [0.3, 0.4) is 0 Å². The number of hydrogen-bond donors (Lipinski definition) is 0. The van der Waals surface area contributed by atoms with Gasteiger partial charge >= 0.3 is 0 Å². The Morgan fingerprint density at radius 2 is 2.07 bits per heavy atom. The molecule has 0 N–H and O–H groups in total. The molecule has 2 aliphatic rings. The fourth-order valence-electron chi connectivity index (χ4n) is 4.50. The number of hydrogen-bond acceptors (Lipinski definition) is 4. The molecular weight excluding hydrogens is 380 g/mol. The molecule has 0 unspecified atom stereocenters. The van der Waals surface area contributed by atoms with Crippen LogP contribution in [0.2, 0.25) is 0 Å². The fraction of sp³-hybridized carbons (Fsp3) is 0.417. The summed E-state index contributed by atoms with van der Waals surface area (Å²) in [6, 6.07) is 13.2. The van der Waals surface area contributed by atoms with Gasteiger partial charge in [0.2, 0.25) is 5.91 Å². The summed E-state index contributed by atoms with van der Waals surface area (Å²) in [6.07, 6.45) is 0.314. The summed E-state index contributed by atoms with van der Waals surface area (Å²) in [5, 5.41) is 0. The highest BCUT2D eigenvalue weighted by atomic mass is 16.5. The summed E-state index contributed by atoms with van der Waals surface area (Å²) in [7, 11) is 1.59. The lowest BCUT2D eigenvalue weighted by atomic mass is 9.86. The van der Waals surface area contributed by atoms with E-state index in [1.165, 1.54) is 0 Å². The maximum Gasteiger partial charge on any atom is 0.254 e. The van der Waals surface area contributed by atoms with Crippen molar-refractivity contribution in [3.05, 3.63) is 59.2 Å². The highest BCUT2D eigenvalue weighted by Gasteiger charge is 2.41. The molecular formula is C24H28N2O4. The standard InChI is InChI=1S/C24H28N2O4/c1-4-25-14-18-15-30-21-9-8-16(2)12-20(21)23(18)26(11-10-22(25)27)24(28)17-6-5-7-19(13-17)29-3/h5-9,12-13,18,23H,4,10-11,14-15H2,1-3H3/t18-,23-/m0/s1. The van der Waals surface area contributed by atoms with Gasteiger partial charge in [-0.2, -0.15) is 0 Å². The molecule has 0 spiro atoms. The predicted molar refractivity (Wildman–Crippen MR) is 114 cm³/mol. The Morgan fingerprint density at radius 1 is 1.23 bits per heavy atom. The number of benzene rings is 2. The SMILES string of the molecule is CCN1C[C@H]2COc3ccc(C)cc3[C@H]2N(C(=O)c2cccc(OC)c2)CCC1=O. The molecule has 2 aromatic rings. The zero-order chi connectivity index (χ0) is 21.3. The number of amides is 2. The van der Waals surface area contributed by atoms with Gasteiger partial charge in [-0.05, 0) is 38.1 Å². The Labute approximate surface area is 177 Å². The van der Waals surface area contributed by atoms with Crippen molar-refractivity contribution in [2.24, 2.45) is 5.92 Å². The summed E-state index contributed by atoms with van der Waals surface area (Å²) >= 11 is 0. The van der Waals surface area contributed by atoms with Crippen molar-refractivity contribution in [1.82, 2.24) is 9.80 Å². The van der Waals surface area contributed by atoms with Gasteiger partial charge < -0.3 is 19.3 Å². The third kappa shape index (κ3) is 3.74. The molecule has 2 heterocycles. The predicted octanol–water partition coefficient (Wildman–Crippen LogP) is 3.45. The van der Waals surface area contributed by atoms with E-state index in [1.54, 1.807) is 19.2 Å². The van der Waals surface area contributed by atoms with E-state index >= 15 is 0 Å². The lowest BCUT2D eigenvalue weighted by Gasteiger charge is -2.44. The third-order valence-electron chi connectivity index (χ3n) is 6.05. The number of methoxy groups -OCH3 is 1. The highest BCUT2D eigenvalue weighted by molar-refractivity contribution is 5.95. The van der Waals surface area contributed by atoms with Gasteiger partial charge in [0.1, 0.15) is 11.5 Å². The van der Waals surface area contributed by atoms with E-state index in [-0.39, 0.29) is 23.8 Å². The first-order valence-electron chi connectivity index (χ1n) is 10.5. The molecule has 2 atom stereocenters. The van der Waals surface area contributed by atoms with Crippen LogP contribution in [0.15, 0.2) is 42.5 Å². The largest absolute Gasteiger partial charge is 0.497 e. The molecule has 6 nitrogen and oxygen atoms in total. The van der Waals surface area contributed by atoms with Crippen LogP contribution in [0.4, 0.5) is 0 Å². The molecule has 1 saturated heterocycles. The molecule has 4 rings (SSSR count). The second-order valence-corrected chi connectivity index (χ2v) is 7.97. The third-order valence-corrected chi connectivity index (χ3v) is 6.05. The molecule has 1 fully saturated rings. The Hall–Kier alpha value is -3.02. The van der Waals surface area contributed by atoms with E-state index in [0.29, 0.717) is 44.0 Å².